The Morgan fingerprint density at radius 2 is 2.09 bits per heavy atom. The Morgan fingerprint density at radius 3 is 2.80 bits per heavy atom. The lowest BCUT2D eigenvalue weighted by Crippen LogP contribution is -2.26. The van der Waals surface area contributed by atoms with E-state index in [0.717, 1.165) is 32.4 Å². The van der Waals surface area contributed by atoms with Gasteiger partial charge in [-0.2, -0.15) is 8.78 Å². The van der Waals surface area contributed by atoms with Crippen LogP contribution in [0.2, 0.25) is 0 Å². The van der Waals surface area contributed by atoms with Gasteiger partial charge in [0.15, 0.2) is 0 Å². The van der Waals surface area contributed by atoms with Crippen LogP contribution in [-0.4, -0.2) is 54.8 Å². The van der Waals surface area contributed by atoms with Gasteiger partial charge in [0.2, 0.25) is 0 Å². The molecule has 2 aliphatic rings. The summed E-state index contributed by atoms with van der Waals surface area (Å²) < 4.78 is 44.3. The van der Waals surface area contributed by atoms with Crippen molar-refractivity contribution in [3.05, 3.63) is 42.2 Å². The van der Waals surface area contributed by atoms with E-state index in [9.17, 15) is 13.6 Å². The lowest BCUT2D eigenvalue weighted by atomic mass is 10.1. The van der Waals surface area contributed by atoms with Crippen molar-refractivity contribution in [1.29, 1.82) is 0 Å². The van der Waals surface area contributed by atoms with Gasteiger partial charge in [0.05, 0.1) is 25.6 Å². The number of amides is 1. The Hall–Kier alpha value is -3.40. The Morgan fingerprint density at radius 1 is 1.26 bits per heavy atom. The molecule has 1 amide bonds. The first kappa shape index (κ1) is 23.3. The number of fused-ring (bicyclic) bond motifs is 1. The van der Waals surface area contributed by atoms with E-state index in [1.54, 1.807) is 12.3 Å². The number of carbonyl (C=O) groups excluding carboxylic acids is 1. The molecule has 0 spiro atoms. The molecule has 1 aromatic carbocycles. The van der Waals surface area contributed by atoms with Gasteiger partial charge in [0, 0.05) is 23.9 Å². The van der Waals surface area contributed by atoms with Gasteiger partial charge in [-0.25, -0.2) is 4.98 Å². The molecule has 2 N–H and O–H groups in total. The molecule has 3 heterocycles. The average Bonchev–Trinajstić information content (AvgIpc) is 3.31. The van der Waals surface area contributed by atoms with E-state index in [2.05, 4.69) is 15.6 Å². The van der Waals surface area contributed by atoms with Crippen molar-refractivity contribution < 1.29 is 27.8 Å². The monoisotopic (exact) mass is 486 g/mol. The highest BCUT2D eigenvalue weighted by atomic mass is 19.3. The maximum absolute atomic E-state index is 13.2. The number of nitrogens with one attached hydrogen (secondary N) is 2. The van der Waals surface area contributed by atoms with Crippen LogP contribution in [0.4, 0.5) is 8.78 Å². The Bertz CT molecular complexity index is 1210. The number of hydrogen-bond donors (Lipinski definition) is 2. The van der Waals surface area contributed by atoms with E-state index in [4.69, 9.17) is 14.2 Å². The summed E-state index contributed by atoms with van der Waals surface area (Å²) in [7, 11) is 1.39. The maximum Gasteiger partial charge on any atom is 0.387 e. The number of aromatic nitrogens is 2. The minimum absolute atomic E-state index is 0.0505. The smallest absolute Gasteiger partial charge is 0.387 e. The highest BCUT2D eigenvalue weighted by Crippen LogP contribution is 2.37. The van der Waals surface area contributed by atoms with Crippen molar-refractivity contribution >= 4 is 11.6 Å². The zero-order valence-corrected chi connectivity index (χ0v) is 19.4. The van der Waals surface area contributed by atoms with E-state index in [1.807, 2.05) is 22.7 Å². The van der Waals surface area contributed by atoms with Gasteiger partial charge in [0.1, 0.15) is 28.5 Å². The van der Waals surface area contributed by atoms with Gasteiger partial charge in [-0.3, -0.25) is 9.20 Å². The molecule has 5 rings (SSSR count). The lowest BCUT2D eigenvalue weighted by molar-refractivity contribution is -0.0502. The molecule has 10 heteroatoms. The molecule has 0 radical (unpaired) electrons. The van der Waals surface area contributed by atoms with Crippen LogP contribution in [0, 0.1) is 5.92 Å². The van der Waals surface area contributed by atoms with Gasteiger partial charge in [-0.15, -0.1) is 0 Å². The van der Waals surface area contributed by atoms with Crippen molar-refractivity contribution in [1.82, 2.24) is 20.0 Å². The minimum Gasteiger partial charge on any atom is -0.496 e. The normalized spacial score (nSPS) is 17.7. The van der Waals surface area contributed by atoms with Crippen LogP contribution in [0.1, 0.15) is 36.0 Å². The number of benzene rings is 1. The summed E-state index contributed by atoms with van der Waals surface area (Å²) in [6.45, 7) is -0.363. The van der Waals surface area contributed by atoms with Crippen LogP contribution >= 0.6 is 0 Å². The molecule has 0 bridgehead atoms. The number of alkyl halides is 2. The number of imidazole rings is 1. The summed E-state index contributed by atoms with van der Waals surface area (Å²) in [6.07, 6.45) is 7.34. The number of nitrogens with zero attached hydrogens (tertiary/aromatic N) is 2. The number of rotatable bonds is 10. The molecule has 1 saturated carbocycles. The van der Waals surface area contributed by atoms with Gasteiger partial charge >= 0.3 is 6.61 Å². The van der Waals surface area contributed by atoms with Crippen molar-refractivity contribution in [2.75, 3.05) is 26.8 Å². The highest BCUT2D eigenvalue weighted by Gasteiger charge is 2.29. The second kappa shape index (κ2) is 10.1. The zero-order valence-electron chi connectivity index (χ0n) is 19.4. The van der Waals surface area contributed by atoms with Gasteiger partial charge in [-0.1, -0.05) is 0 Å². The molecule has 186 valence electrons. The fraction of sp³-hybridized carbons (Fsp3) is 0.440. The molecule has 2 fully saturated rings. The number of halogens is 2. The summed E-state index contributed by atoms with van der Waals surface area (Å²) in [4.78, 5) is 17.2. The van der Waals surface area contributed by atoms with E-state index in [0.29, 0.717) is 35.2 Å². The first-order valence-electron chi connectivity index (χ1n) is 11.8. The third kappa shape index (κ3) is 5.32. The number of ether oxygens (including phenoxy) is 3. The molecule has 1 aliphatic carbocycles. The van der Waals surface area contributed by atoms with E-state index < -0.39 is 12.5 Å². The second-order valence-corrected chi connectivity index (χ2v) is 8.91. The standard InChI is InChI=1S/C25H28F2N4O4/c1-33-20-10-16(11-21(35-25(26)27)23(20)24(32)30-17-2-3-17)19-14-29-22-12-18(5-8-31(19)22)34-9-6-15-4-7-28-13-15/h5,8,10-12,14-15,17,25,28H,2-4,6-7,9,13H2,1H3,(H,30,32). The fourth-order valence-corrected chi connectivity index (χ4v) is 4.37. The zero-order chi connectivity index (χ0) is 24.4. The molecule has 3 aromatic rings. The second-order valence-electron chi connectivity index (χ2n) is 8.91. The quantitative estimate of drug-likeness (QED) is 0.452. The molecule has 35 heavy (non-hydrogen) atoms. The Kier molecular flexibility index (Phi) is 6.72. The average molecular weight is 487 g/mol. The molecule has 8 nitrogen and oxygen atoms in total. The summed E-state index contributed by atoms with van der Waals surface area (Å²) in [6, 6.07) is 6.78. The molecular weight excluding hydrogens is 458 g/mol. The van der Waals surface area contributed by atoms with Gasteiger partial charge in [0.25, 0.3) is 5.91 Å². The van der Waals surface area contributed by atoms with Crippen LogP contribution in [-0.2, 0) is 0 Å². The van der Waals surface area contributed by atoms with Gasteiger partial charge in [-0.05, 0) is 62.9 Å². The SMILES string of the molecule is COc1cc(-c2cnc3cc(OCCC4CCNC4)ccn23)cc(OC(F)F)c1C(=O)NC1CC1. The van der Waals surface area contributed by atoms with Crippen LogP contribution in [0.3, 0.4) is 0 Å². The Labute approximate surface area is 201 Å². The third-order valence-electron chi connectivity index (χ3n) is 6.38. The minimum atomic E-state index is -3.09. The number of hydrogen-bond acceptors (Lipinski definition) is 6. The first-order valence-corrected chi connectivity index (χ1v) is 11.8. The first-order chi connectivity index (χ1) is 17.0. The number of carbonyl (C=O) groups is 1. The third-order valence-corrected chi connectivity index (χ3v) is 6.38. The highest BCUT2D eigenvalue weighted by molar-refractivity contribution is 6.01. The van der Waals surface area contributed by atoms with Gasteiger partial charge < -0.3 is 24.8 Å². The van der Waals surface area contributed by atoms with Crippen molar-refractivity contribution in [3.63, 3.8) is 0 Å². The van der Waals surface area contributed by atoms with Crippen molar-refractivity contribution in [2.45, 2.75) is 38.3 Å². The largest absolute Gasteiger partial charge is 0.496 e. The molecular formula is C25H28F2N4O4. The van der Waals surface area contributed by atoms with E-state index >= 15 is 0 Å². The fourth-order valence-electron chi connectivity index (χ4n) is 4.37. The van der Waals surface area contributed by atoms with Crippen molar-refractivity contribution in [3.8, 4) is 28.5 Å². The lowest BCUT2D eigenvalue weighted by Gasteiger charge is -2.16. The molecule has 1 aliphatic heterocycles. The van der Waals surface area contributed by atoms with Crippen LogP contribution in [0.5, 0.6) is 17.2 Å². The topological polar surface area (TPSA) is 86.1 Å². The van der Waals surface area contributed by atoms with E-state index in [1.165, 1.54) is 19.6 Å². The predicted octanol–water partition coefficient (Wildman–Crippen LogP) is 3.88. The summed E-state index contributed by atoms with van der Waals surface area (Å²) in [5.41, 5.74) is 1.75. The predicted molar refractivity (Wildman–Crippen MR) is 125 cm³/mol. The van der Waals surface area contributed by atoms with Crippen LogP contribution in [0.25, 0.3) is 16.9 Å². The molecule has 1 unspecified atom stereocenters. The van der Waals surface area contributed by atoms with E-state index in [-0.39, 0.29) is 23.1 Å². The van der Waals surface area contributed by atoms with Crippen molar-refractivity contribution in [2.24, 2.45) is 5.92 Å². The summed E-state index contributed by atoms with van der Waals surface area (Å²) >= 11 is 0. The maximum atomic E-state index is 13.2. The summed E-state index contributed by atoms with van der Waals surface area (Å²) in [5, 5.41) is 6.16. The van der Waals surface area contributed by atoms with Crippen LogP contribution < -0.4 is 24.8 Å². The molecule has 1 saturated heterocycles. The summed E-state index contributed by atoms with van der Waals surface area (Å²) in [5.74, 6) is 0.758. The molecule has 2 aromatic heterocycles. The van der Waals surface area contributed by atoms with Crippen LogP contribution in [0.15, 0.2) is 36.7 Å². The number of pyridine rings is 1. The Balaban J connectivity index is 1.42. The molecule has 1 atom stereocenters. The number of methoxy groups -OCH3 is 1.